The summed E-state index contributed by atoms with van der Waals surface area (Å²) in [5.74, 6) is 1.16. The van der Waals surface area contributed by atoms with Gasteiger partial charge in [-0.1, -0.05) is 18.2 Å². The molecular formula is C15H17NO3. The van der Waals surface area contributed by atoms with Gasteiger partial charge in [0, 0.05) is 18.9 Å². The number of aliphatic hydroxyl groups excluding tert-OH is 2. The van der Waals surface area contributed by atoms with Crippen LogP contribution in [-0.4, -0.2) is 21.8 Å². The zero-order valence-electron chi connectivity index (χ0n) is 10.8. The molecular weight excluding hydrogens is 242 g/mol. The molecule has 0 aliphatic carbocycles. The number of ether oxygens (including phenoxy) is 1. The number of aliphatic hydroxyl groups is 2. The fraction of sp³-hybridized carbons (Fsp3) is 0.267. The summed E-state index contributed by atoms with van der Waals surface area (Å²) >= 11 is 0. The predicted molar refractivity (Wildman–Crippen MR) is 72.2 cm³/mol. The van der Waals surface area contributed by atoms with Crippen LogP contribution in [0.4, 0.5) is 0 Å². The van der Waals surface area contributed by atoms with Crippen LogP contribution in [0.3, 0.4) is 0 Å². The van der Waals surface area contributed by atoms with Crippen LogP contribution in [0.2, 0.25) is 0 Å². The lowest BCUT2D eigenvalue weighted by molar-refractivity contribution is 0.198. The second-order valence-electron chi connectivity index (χ2n) is 4.29. The van der Waals surface area contributed by atoms with Gasteiger partial charge in [-0.15, -0.1) is 0 Å². The van der Waals surface area contributed by atoms with Gasteiger partial charge in [0.25, 0.3) is 0 Å². The van der Waals surface area contributed by atoms with Crippen LogP contribution in [0.25, 0.3) is 0 Å². The van der Waals surface area contributed by atoms with Crippen molar-refractivity contribution in [3.63, 3.8) is 0 Å². The first-order chi connectivity index (χ1) is 9.20. The number of hydrogen-bond acceptors (Lipinski definition) is 4. The van der Waals surface area contributed by atoms with E-state index in [0.717, 1.165) is 11.1 Å². The first-order valence-corrected chi connectivity index (χ1v) is 6.21. The molecule has 2 aromatic rings. The van der Waals surface area contributed by atoms with E-state index in [1.54, 1.807) is 25.3 Å². The molecule has 0 fully saturated rings. The van der Waals surface area contributed by atoms with E-state index in [4.69, 9.17) is 9.84 Å². The molecule has 0 bridgehead atoms. The Bertz CT molecular complexity index is 523. The van der Waals surface area contributed by atoms with Crippen LogP contribution < -0.4 is 4.74 Å². The van der Waals surface area contributed by atoms with E-state index >= 15 is 0 Å². The normalized spacial score (nSPS) is 12.2. The number of aromatic nitrogens is 1. The minimum atomic E-state index is -0.539. The molecule has 0 radical (unpaired) electrons. The molecule has 0 aliphatic heterocycles. The topological polar surface area (TPSA) is 62.6 Å². The molecule has 4 nitrogen and oxygen atoms in total. The Labute approximate surface area is 112 Å². The van der Waals surface area contributed by atoms with Crippen molar-refractivity contribution in [1.82, 2.24) is 4.98 Å². The highest BCUT2D eigenvalue weighted by Crippen LogP contribution is 2.24. The van der Waals surface area contributed by atoms with Crippen molar-refractivity contribution < 1.29 is 14.9 Å². The Morgan fingerprint density at radius 2 is 2.00 bits per heavy atom. The fourth-order valence-electron chi connectivity index (χ4n) is 1.74. The molecule has 19 heavy (non-hydrogen) atoms. The lowest BCUT2D eigenvalue weighted by atomic mass is 10.1. The Morgan fingerprint density at radius 1 is 1.21 bits per heavy atom. The van der Waals surface area contributed by atoms with E-state index in [9.17, 15) is 5.11 Å². The average molecular weight is 259 g/mol. The van der Waals surface area contributed by atoms with Crippen molar-refractivity contribution >= 4 is 0 Å². The smallest absolute Gasteiger partial charge is 0.219 e. The summed E-state index contributed by atoms with van der Waals surface area (Å²) in [4.78, 5) is 4.15. The van der Waals surface area contributed by atoms with Gasteiger partial charge in [0.1, 0.15) is 5.75 Å². The third-order valence-electron chi connectivity index (χ3n) is 2.81. The van der Waals surface area contributed by atoms with Crippen molar-refractivity contribution in [3.8, 4) is 11.6 Å². The van der Waals surface area contributed by atoms with Gasteiger partial charge in [-0.2, -0.15) is 0 Å². The molecule has 2 rings (SSSR count). The van der Waals surface area contributed by atoms with Crippen LogP contribution in [0, 0.1) is 0 Å². The quantitative estimate of drug-likeness (QED) is 0.865. The maximum Gasteiger partial charge on any atom is 0.219 e. The first-order valence-electron chi connectivity index (χ1n) is 6.21. The molecule has 0 spiro atoms. The Kier molecular flexibility index (Phi) is 4.49. The maximum absolute atomic E-state index is 9.41. The minimum absolute atomic E-state index is 0.0781. The maximum atomic E-state index is 9.41. The molecule has 1 aromatic carbocycles. The van der Waals surface area contributed by atoms with Gasteiger partial charge in [0.2, 0.25) is 5.88 Å². The summed E-state index contributed by atoms with van der Waals surface area (Å²) in [6, 6.07) is 11.0. The van der Waals surface area contributed by atoms with Crippen molar-refractivity contribution in [2.24, 2.45) is 0 Å². The Morgan fingerprint density at radius 3 is 2.63 bits per heavy atom. The molecule has 1 heterocycles. The predicted octanol–water partition coefficient (Wildman–Crippen LogP) is 2.46. The minimum Gasteiger partial charge on any atom is -0.439 e. The van der Waals surface area contributed by atoms with Crippen molar-refractivity contribution in [3.05, 3.63) is 53.7 Å². The third-order valence-corrected chi connectivity index (χ3v) is 2.81. The number of hydrogen-bond donors (Lipinski definition) is 2. The summed E-state index contributed by atoms with van der Waals surface area (Å²) < 4.78 is 5.69. The second kappa shape index (κ2) is 6.31. The van der Waals surface area contributed by atoms with Gasteiger partial charge < -0.3 is 14.9 Å². The number of benzene rings is 1. The zero-order valence-corrected chi connectivity index (χ0v) is 10.8. The molecule has 4 heteroatoms. The van der Waals surface area contributed by atoms with Crippen molar-refractivity contribution in [2.45, 2.75) is 19.4 Å². The van der Waals surface area contributed by atoms with E-state index in [1.807, 2.05) is 24.3 Å². The largest absolute Gasteiger partial charge is 0.439 e. The van der Waals surface area contributed by atoms with Crippen LogP contribution in [0.15, 0.2) is 42.6 Å². The zero-order chi connectivity index (χ0) is 13.7. The third kappa shape index (κ3) is 3.53. The van der Waals surface area contributed by atoms with E-state index in [2.05, 4.69) is 4.98 Å². The highest BCUT2D eigenvalue weighted by Gasteiger charge is 2.06. The number of pyridine rings is 1. The molecule has 1 atom stereocenters. The van der Waals surface area contributed by atoms with Crippen LogP contribution >= 0.6 is 0 Å². The number of nitrogens with zero attached hydrogens (tertiary/aromatic N) is 1. The van der Waals surface area contributed by atoms with Crippen LogP contribution in [-0.2, 0) is 6.42 Å². The highest BCUT2D eigenvalue weighted by molar-refractivity contribution is 5.36. The van der Waals surface area contributed by atoms with Crippen molar-refractivity contribution in [2.75, 3.05) is 6.61 Å². The van der Waals surface area contributed by atoms with Gasteiger partial charge in [0.05, 0.1) is 6.10 Å². The number of rotatable bonds is 5. The molecule has 0 aliphatic rings. The lowest BCUT2D eigenvalue weighted by Crippen LogP contribution is -1.97. The van der Waals surface area contributed by atoms with Gasteiger partial charge in [-0.05, 0) is 36.6 Å². The fourth-order valence-corrected chi connectivity index (χ4v) is 1.74. The summed E-state index contributed by atoms with van der Waals surface area (Å²) in [6.07, 6.45) is 1.60. The van der Waals surface area contributed by atoms with E-state index in [0.29, 0.717) is 18.1 Å². The Hall–Kier alpha value is -1.91. The highest BCUT2D eigenvalue weighted by atomic mass is 16.5. The van der Waals surface area contributed by atoms with Gasteiger partial charge in [-0.3, -0.25) is 0 Å². The first kappa shape index (κ1) is 13.5. The molecule has 0 amide bonds. The van der Waals surface area contributed by atoms with E-state index in [1.165, 1.54) is 0 Å². The summed E-state index contributed by atoms with van der Waals surface area (Å²) in [6.45, 7) is 1.77. The lowest BCUT2D eigenvalue weighted by Gasteiger charge is -2.10. The van der Waals surface area contributed by atoms with Gasteiger partial charge in [0.15, 0.2) is 0 Å². The summed E-state index contributed by atoms with van der Waals surface area (Å²) in [7, 11) is 0. The number of para-hydroxylation sites is 1. The molecule has 2 N–H and O–H groups in total. The van der Waals surface area contributed by atoms with E-state index in [-0.39, 0.29) is 6.61 Å². The van der Waals surface area contributed by atoms with Gasteiger partial charge in [-0.25, -0.2) is 4.98 Å². The molecule has 0 saturated carbocycles. The van der Waals surface area contributed by atoms with Gasteiger partial charge >= 0.3 is 0 Å². The van der Waals surface area contributed by atoms with Crippen LogP contribution in [0.5, 0.6) is 11.6 Å². The average Bonchev–Trinajstić information content (AvgIpc) is 2.42. The molecule has 0 saturated heterocycles. The second-order valence-corrected chi connectivity index (χ2v) is 4.29. The summed E-state index contributed by atoms with van der Waals surface area (Å²) in [5, 5.41) is 18.4. The van der Waals surface area contributed by atoms with Crippen LogP contribution in [0.1, 0.15) is 24.2 Å². The monoisotopic (exact) mass is 259 g/mol. The SMILES string of the molecule is C[C@@H](O)c1ccc(Oc2ccccc2CCO)nc1. The standard InChI is InChI=1S/C15H17NO3/c1-11(18)13-6-7-15(16-10-13)19-14-5-3-2-4-12(14)8-9-17/h2-7,10-11,17-18H,8-9H2,1H3/t11-/m1/s1. The van der Waals surface area contributed by atoms with E-state index < -0.39 is 6.10 Å². The summed E-state index contributed by atoms with van der Waals surface area (Å²) in [5.41, 5.74) is 1.68. The molecule has 1 aromatic heterocycles. The Balaban J connectivity index is 2.16. The van der Waals surface area contributed by atoms with Crippen molar-refractivity contribution in [1.29, 1.82) is 0 Å². The molecule has 100 valence electrons. The molecule has 0 unspecified atom stereocenters.